The van der Waals surface area contributed by atoms with Crippen LogP contribution in [0.2, 0.25) is 0 Å². The van der Waals surface area contributed by atoms with Crippen LogP contribution in [0, 0.1) is 18.8 Å². The van der Waals surface area contributed by atoms with Gasteiger partial charge in [0, 0.05) is 44.0 Å². The first-order valence-corrected chi connectivity index (χ1v) is 9.50. The van der Waals surface area contributed by atoms with Gasteiger partial charge in [-0.15, -0.1) is 0 Å². The van der Waals surface area contributed by atoms with Crippen molar-refractivity contribution in [2.24, 2.45) is 11.8 Å². The number of nitrogens with one attached hydrogen (secondary N) is 1. The van der Waals surface area contributed by atoms with Gasteiger partial charge < -0.3 is 9.88 Å². The summed E-state index contributed by atoms with van der Waals surface area (Å²) < 4.78 is 0. The number of rotatable bonds is 5. The molecule has 1 atom stereocenters. The third-order valence-electron chi connectivity index (χ3n) is 5.40. The Morgan fingerprint density at radius 2 is 2.12 bits per heavy atom. The maximum Gasteiger partial charge on any atom is 0.254 e. The fourth-order valence-corrected chi connectivity index (χ4v) is 3.69. The first-order valence-electron chi connectivity index (χ1n) is 9.50. The number of amides is 1. The Balaban J connectivity index is 1.68. The molecule has 25 heavy (non-hydrogen) atoms. The van der Waals surface area contributed by atoms with Gasteiger partial charge in [-0.25, -0.2) is 4.98 Å². The van der Waals surface area contributed by atoms with Crippen molar-refractivity contribution in [3.05, 3.63) is 27.9 Å². The molecule has 1 aliphatic heterocycles. The van der Waals surface area contributed by atoms with Crippen molar-refractivity contribution in [2.45, 2.75) is 52.5 Å². The van der Waals surface area contributed by atoms with Crippen molar-refractivity contribution in [3.8, 4) is 0 Å². The molecule has 1 saturated heterocycles. The van der Waals surface area contributed by atoms with Crippen LogP contribution in [0.5, 0.6) is 0 Å². The van der Waals surface area contributed by atoms with Gasteiger partial charge in [-0.3, -0.25) is 14.5 Å². The van der Waals surface area contributed by atoms with E-state index in [1.807, 2.05) is 4.90 Å². The van der Waals surface area contributed by atoms with E-state index in [0.717, 1.165) is 32.0 Å². The summed E-state index contributed by atoms with van der Waals surface area (Å²) in [5.74, 6) is 1.99. The molecule has 1 aromatic rings. The molecule has 1 N–H and O–H groups in total. The molecule has 6 nitrogen and oxygen atoms in total. The second kappa shape index (κ2) is 7.68. The number of aromatic nitrogens is 2. The average Bonchev–Trinajstić information content (AvgIpc) is 3.37. The van der Waals surface area contributed by atoms with Gasteiger partial charge >= 0.3 is 0 Å². The molecule has 2 heterocycles. The lowest BCUT2D eigenvalue weighted by molar-refractivity contribution is -0.131. The summed E-state index contributed by atoms with van der Waals surface area (Å²) in [5.41, 5.74) is 0.252. The number of H-pyrrole nitrogens is 1. The molecule has 0 spiro atoms. The number of aromatic amines is 1. The number of hydrogen-bond acceptors (Lipinski definition) is 4. The molecule has 1 amide bonds. The van der Waals surface area contributed by atoms with E-state index < -0.39 is 0 Å². The number of aryl methyl sites for hydroxylation is 1. The highest BCUT2D eigenvalue weighted by molar-refractivity contribution is 5.78. The summed E-state index contributed by atoms with van der Waals surface area (Å²) in [5, 5.41) is 0. The molecule has 1 aromatic heterocycles. The largest absolute Gasteiger partial charge is 0.341 e. The summed E-state index contributed by atoms with van der Waals surface area (Å²) in [6.45, 7) is 10.0. The predicted octanol–water partition coefficient (Wildman–Crippen LogP) is 1.59. The van der Waals surface area contributed by atoms with Gasteiger partial charge in [0.05, 0.1) is 6.42 Å². The van der Waals surface area contributed by atoms with E-state index in [0.29, 0.717) is 23.3 Å². The van der Waals surface area contributed by atoms with Gasteiger partial charge in [0.2, 0.25) is 5.91 Å². The van der Waals surface area contributed by atoms with Gasteiger partial charge in [0.25, 0.3) is 5.56 Å². The zero-order chi connectivity index (χ0) is 18.0. The minimum Gasteiger partial charge on any atom is -0.341 e. The zero-order valence-corrected chi connectivity index (χ0v) is 15.6. The third kappa shape index (κ3) is 4.69. The average molecular weight is 346 g/mol. The van der Waals surface area contributed by atoms with Crippen LogP contribution in [0.15, 0.2) is 11.0 Å². The van der Waals surface area contributed by atoms with E-state index in [-0.39, 0.29) is 17.9 Å². The molecule has 2 fully saturated rings. The highest BCUT2D eigenvalue weighted by Crippen LogP contribution is 2.31. The first kappa shape index (κ1) is 18.1. The molecule has 0 radical (unpaired) electrons. The van der Waals surface area contributed by atoms with Crippen LogP contribution in [-0.2, 0) is 11.2 Å². The smallest absolute Gasteiger partial charge is 0.254 e. The maximum absolute atomic E-state index is 12.8. The van der Waals surface area contributed by atoms with Crippen molar-refractivity contribution in [3.63, 3.8) is 0 Å². The molecular formula is C19H30N4O2. The maximum atomic E-state index is 12.8. The quantitative estimate of drug-likeness (QED) is 0.879. The molecule has 1 aliphatic carbocycles. The van der Waals surface area contributed by atoms with E-state index in [1.165, 1.54) is 25.6 Å². The summed E-state index contributed by atoms with van der Waals surface area (Å²) in [7, 11) is 0. The molecule has 3 rings (SSSR count). The Hall–Kier alpha value is -1.69. The van der Waals surface area contributed by atoms with Crippen molar-refractivity contribution in [1.29, 1.82) is 0 Å². The predicted molar refractivity (Wildman–Crippen MR) is 97.4 cm³/mol. The minimum atomic E-state index is -0.202. The number of carbonyl (C=O) groups excluding carboxylic acids is 1. The number of hydrogen-bond donors (Lipinski definition) is 1. The lowest BCUT2D eigenvalue weighted by Crippen LogP contribution is -2.47. The lowest BCUT2D eigenvalue weighted by atomic mass is 10.0. The number of nitrogens with zero attached hydrogens (tertiary/aromatic N) is 3. The molecule has 6 heteroatoms. The lowest BCUT2D eigenvalue weighted by Gasteiger charge is -2.34. The SMILES string of the molecule is Cc1ncc(CC(=O)N2CCCN(CC3CC3)C(C(C)C)C2)c(=O)[nH]1. The Bertz CT molecular complexity index is 666. The highest BCUT2D eigenvalue weighted by atomic mass is 16.2. The van der Waals surface area contributed by atoms with Gasteiger partial charge in [-0.1, -0.05) is 13.8 Å². The molecule has 138 valence electrons. The highest BCUT2D eigenvalue weighted by Gasteiger charge is 2.33. The normalized spacial score (nSPS) is 22.2. The second-order valence-corrected chi connectivity index (χ2v) is 7.94. The monoisotopic (exact) mass is 346 g/mol. The number of carbonyl (C=O) groups is 1. The van der Waals surface area contributed by atoms with E-state index in [1.54, 1.807) is 6.92 Å². The van der Waals surface area contributed by atoms with Gasteiger partial charge in [0.1, 0.15) is 5.82 Å². The fourth-order valence-electron chi connectivity index (χ4n) is 3.69. The Labute approximate surface area is 149 Å². The Morgan fingerprint density at radius 1 is 1.36 bits per heavy atom. The van der Waals surface area contributed by atoms with Crippen molar-refractivity contribution in [2.75, 3.05) is 26.2 Å². The van der Waals surface area contributed by atoms with E-state index in [2.05, 4.69) is 28.7 Å². The topological polar surface area (TPSA) is 69.3 Å². The van der Waals surface area contributed by atoms with Crippen LogP contribution in [0.1, 0.15) is 44.5 Å². The van der Waals surface area contributed by atoms with Crippen molar-refractivity contribution >= 4 is 5.91 Å². The molecule has 0 bridgehead atoms. The van der Waals surface area contributed by atoms with Crippen molar-refractivity contribution in [1.82, 2.24) is 19.8 Å². The van der Waals surface area contributed by atoms with Crippen LogP contribution in [0.3, 0.4) is 0 Å². The molecule has 2 aliphatic rings. The second-order valence-electron chi connectivity index (χ2n) is 7.94. The third-order valence-corrected chi connectivity index (χ3v) is 5.40. The van der Waals surface area contributed by atoms with Gasteiger partial charge in [-0.2, -0.15) is 0 Å². The van der Waals surface area contributed by atoms with Gasteiger partial charge in [0.15, 0.2) is 0 Å². The molecular weight excluding hydrogens is 316 g/mol. The van der Waals surface area contributed by atoms with E-state index in [4.69, 9.17) is 0 Å². The van der Waals surface area contributed by atoms with E-state index >= 15 is 0 Å². The van der Waals surface area contributed by atoms with Crippen LogP contribution in [0.25, 0.3) is 0 Å². The van der Waals surface area contributed by atoms with Gasteiger partial charge in [-0.05, 0) is 38.0 Å². The first-order chi connectivity index (χ1) is 11.9. The van der Waals surface area contributed by atoms with Crippen LogP contribution >= 0.6 is 0 Å². The van der Waals surface area contributed by atoms with Crippen LogP contribution in [0.4, 0.5) is 0 Å². The minimum absolute atomic E-state index is 0.0371. The Morgan fingerprint density at radius 3 is 2.76 bits per heavy atom. The van der Waals surface area contributed by atoms with E-state index in [9.17, 15) is 9.59 Å². The summed E-state index contributed by atoms with van der Waals surface area (Å²) in [4.78, 5) is 36.1. The standard InChI is InChI=1S/C19H30N4O2/c1-13(2)17-12-23(8-4-7-22(17)11-15-5-6-15)18(24)9-16-10-20-14(3)21-19(16)25/h10,13,15,17H,4-9,11-12H2,1-3H3,(H,20,21,25). The van der Waals surface area contributed by atoms with Crippen LogP contribution in [-0.4, -0.2) is 57.9 Å². The molecule has 0 aromatic carbocycles. The molecule has 1 saturated carbocycles. The van der Waals surface area contributed by atoms with Crippen LogP contribution < -0.4 is 5.56 Å². The summed E-state index contributed by atoms with van der Waals surface area (Å²) in [6, 6.07) is 0.404. The molecule has 1 unspecified atom stereocenters. The zero-order valence-electron chi connectivity index (χ0n) is 15.6. The fraction of sp³-hybridized carbons (Fsp3) is 0.737. The summed E-state index contributed by atoms with van der Waals surface area (Å²) >= 11 is 0. The summed E-state index contributed by atoms with van der Waals surface area (Å²) in [6.07, 6.45) is 5.38. The Kier molecular flexibility index (Phi) is 5.57. The van der Waals surface area contributed by atoms with Crippen molar-refractivity contribution < 1.29 is 4.79 Å².